The number of hydrogen-bond acceptors (Lipinski definition) is 3. The fourth-order valence-corrected chi connectivity index (χ4v) is 3.90. The summed E-state index contributed by atoms with van der Waals surface area (Å²) in [4.78, 5) is 6.03. The molecule has 3 nitrogen and oxygen atoms in total. The molecule has 0 amide bonds. The van der Waals surface area contributed by atoms with Crippen LogP contribution in [0, 0.1) is 0 Å². The molecule has 1 aromatic carbocycles. The molecule has 0 bridgehead atoms. The van der Waals surface area contributed by atoms with Gasteiger partial charge < -0.3 is 10.6 Å². The number of rotatable bonds is 6. The molecule has 0 aromatic heterocycles. The van der Waals surface area contributed by atoms with Crippen molar-refractivity contribution in [3.05, 3.63) is 29.8 Å². The molecule has 0 radical (unpaired) electrons. The number of halogens is 1. The topological polar surface area (TPSA) is 36.4 Å². The normalized spacial score (nSPS) is 20.9. The summed E-state index contributed by atoms with van der Waals surface area (Å²) in [7, 11) is 0. The van der Waals surface area contributed by atoms with E-state index in [-0.39, 0.29) is 24.0 Å². The van der Waals surface area contributed by atoms with Crippen LogP contribution in [0.2, 0.25) is 0 Å². The molecular formula is C17H28IN3S2. The molecule has 1 aromatic rings. The van der Waals surface area contributed by atoms with E-state index < -0.39 is 0 Å². The van der Waals surface area contributed by atoms with Crippen LogP contribution >= 0.6 is 47.5 Å². The van der Waals surface area contributed by atoms with E-state index in [1.165, 1.54) is 29.7 Å². The van der Waals surface area contributed by atoms with Gasteiger partial charge in [0.05, 0.1) is 6.54 Å². The zero-order valence-corrected chi connectivity index (χ0v) is 18.1. The van der Waals surface area contributed by atoms with E-state index in [4.69, 9.17) is 4.99 Å². The van der Waals surface area contributed by atoms with Gasteiger partial charge in [-0.2, -0.15) is 11.8 Å². The summed E-state index contributed by atoms with van der Waals surface area (Å²) < 4.78 is 0. The van der Waals surface area contributed by atoms with Gasteiger partial charge in [0.25, 0.3) is 0 Å². The molecule has 0 heterocycles. The summed E-state index contributed by atoms with van der Waals surface area (Å²) in [6, 6.07) is 9.22. The number of aliphatic imine (C=N–C) groups is 1. The highest BCUT2D eigenvalue weighted by molar-refractivity contribution is 14.0. The fourth-order valence-electron chi connectivity index (χ4n) is 2.70. The average Bonchev–Trinajstić information content (AvgIpc) is 3.01. The third kappa shape index (κ3) is 7.13. The summed E-state index contributed by atoms with van der Waals surface area (Å²) in [5.74, 6) is 0.947. The van der Waals surface area contributed by atoms with E-state index in [9.17, 15) is 0 Å². The second-order valence-corrected chi connectivity index (χ2v) is 7.57. The standard InChI is InChI=1S/C17H27N3S2.HI/c1-4-18-17(20-14-7-10-16(11-14)22-3)19-12-13-5-8-15(21-2)9-6-13;/h5-6,8-9,14,16H,4,7,10-12H2,1-3H3,(H2,18,19,20);1H. The average molecular weight is 465 g/mol. The Morgan fingerprint density at radius 3 is 2.52 bits per heavy atom. The molecule has 1 aliphatic rings. The van der Waals surface area contributed by atoms with E-state index in [0.717, 1.165) is 24.3 Å². The summed E-state index contributed by atoms with van der Waals surface area (Å²) in [5.41, 5.74) is 1.25. The minimum atomic E-state index is 0. The van der Waals surface area contributed by atoms with E-state index in [1.807, 2.05) is 11.8 Å². The molecule has 2 N–H and O–H groups in total. The molecule has 1 fully saturated rings. The maximum absolute atomic E-state index is 4.73. The number of guanidine groups is 1. The maximum Gasteiger partial charge on any atom is 0.191 e. The third-order valence-corrected chi connectivity index (χ3v) is 5.82. The van der Waals surface area contributed by atoms with Gasteiger partial charge in [-0.05, 0) is 56.4 Å². The molecule has 6 heteroatoms. The highest BCUT2D eigenvalue weighted by Gasteiger charge is 2.24. The van der Waals surface area contributed by atoms with Crippen molar-refractivity contribution in [2.24, 2.45) is 4.99 Å². The maximum atomic E-state index is 4.73. The summed E-state index contributed by atoms with van der Waals surface area (Å²) >= 11 is 3.76. The van der Waals surface area contributed by atoms with Gasteiger partial charge >= 0.3 is 0 Å². The van der Waals surface area contributed by atoms with Crippen molar-refractivity contribution >= 4 is 53.5 Å². The van der Waals surface area contributed by atoms with Gasteiger partial charge in [-0.15, -0.1) is 35.7 Å². The van der Waals surface area contributed by atoms with E-state index in [1.54, 1.807) is 11.8 Å². The van der Waals surface area contributed by atoms with Gasteiger partial charge in [0.15, 0.2) is 5.96 Å². The zero-order chi connectivity index (χ0) is 15.8. The first-order valence-corrected chi connectivity index (χ1v) is 10.5. The number of hydrogen-bond donors (Lipinski definition) is 2. The van der Waals surface area contributed by atoms with Gasteiger partial charge in [-0.3, -0.25) is 0 Å². The van der Waals surface area contributed by atoms with Gasteiger partial charge in [0.1, 0.15) is 0 Å². The molecule has 0 aliphatic heterocycles. The second-order valence-electron chi connectivity index (χ2n) is 5.56. The van der Waals surface area contributed by atoms with Crippen LogP contribution in [0.5, 0.6) is 0 Å². The van der Waals surface area contributed by atoms with Gasteiger partial charge in [0.2, 0.25) is 0 Å². The van der Waals surface area contributed by atoms with E-state index in [2.05, 4.69) is 54.3 Å². The zero-order valence-electron chi connectivity index (χ0n) is 14.2. The molecule has 2 atom stereocenters. The Morgan fingerprint density at radius 2 is 1.96 bits per heavy atom. The Balaban J connectivity index is 0.00000264. The number of benzene rings is 1. The van der Waals surface area contributed by atoms with Crippen molar-refractivity contribution < 1.29 is 0 Å². The largest absolute Gasteiger partial charge is 0.357 e. The third-order valence-electron chi connectivity index (χ3n) is 3.98. The Bertz CT molecular complexity index is 479. The molecule has 0 saturated heterocycles. The van der Waals surface area contributed by atoms with Crippen LogP contribution in [0.25, 0.3) is 0 Å². The van der Waals surface area contributed by atoms with Crippen LogP contribution in [-0.4, -0.2) is 36.3 Å². The smallest absolute Gasteiger partial charge is 0.191 e. The van der Waals surface area contributed by atoms with Crippen molar-refractivity contribution in [3.8, 4) is 0 Å². The molecular weight excluding hydrogens is 437 g/mol. The molecule has 130 valence electrons. The van der Waals surface area contributed by atoms with Crippen molar-refractivity contribution in [2.45, 2.75) is 48.9 Å². The second kappa shape index (κ2) is 11.5. The van der Waals surface area contributed by atoms with Crippen LogP contribution in [0.4, 0.5) is 0 Å². The lowest BCUT2D eigenvalue weighted by Gasteiger charge is -2.17. The van der Waals surface area contributed by atoms with Crippen molar-refractivity contribution in [1.29, 1.82) is 0 Å². The first-order valence-electron chi connectivity index (χ1n) is 7.95. The quantitative estimate of drug-likeness (QED) is 0.283. The molecule has 1 saturated carbocycles. The molecule has 0 spiro atoms. The Kier molecular flexibility index (Phi) is 10.5. The van der Waals surface area contributed by atoms with Crippen LogP contribution in [0.1, 0.15) is 31.7 Å². The first kappa shape index (κ1) is 21.0. The summed E-state index contributed by atoms with van der Waals surface area (Å²) in [5, 5.41) is 7.76. The highest BCUT2D eigenvalue weighted by Crippen LogP contribution is 2.28. The Morgan fingerprint density at radius 1 is 1.22 bits per heavy atom. The van der Waals surface area contributed by atoms with Crippen LogP contribution < -0.4 is 10.6 Å². The van der Waals surface area contributed by atoms with Crippen molar-refractivity contribution in [1.82, 2.24) is 10.6 Å². The van der Waals surface area contributed by atoms with Crippen molar-refractivity contribution in [2.75, 3.05) is 19.1 Å². The monoisotopic (exact) mass is 465 g/mol. The van der Waals surface area contributed by atoms with E-state index in [0.29, 0.717) is 6.04 Å². The number of nitrogens with one attached hydrogen (secondary N) is 2. The molecule has 1 aliphatic carbocycles. The molecule has 2 rings (SSSR count). The van der Waals surface area contributed by atoms with Crippen LogP contribution in [0.3, 0.4) is 0 Å². The minimum absolute atomic E-state index is 0. The Labute approximate surface area is 166 Å². The lowest BCUT2D eigenvalue weighted by Crippen LogP contribution is -2.42. The van der Waals surface area contributed by atoms with Gasteiger partial charge in [0, 0.05) is 22.7 Å². The lowest BCUT2D eigenvalue weighted by molar-refractivity contribution is 0.615. The van der Waals surface area contributed by atoms with Gasteiger partial charge in [-0.25, -0.2) is 4.99 Å². The minimum Gasteiger partial charge on any atom is -0.357 e. The summed E-state index contributed by atoms with van der Waals surface area (Å²) in [6.45, 7) is 3.74. The van der Waals surface area contributed by atoms with Gasteiger partial charge in [-0.1, -0.05) is 12.1 Å². The number of thioether (sulfide) groups is 2. The predicted octanol–water partition coefficient (Wildman–Crippen LogP) is 4.37. The SMILES string of the molecule is CCNC(=NCc1ccc(SC)cc1)NC1CCC(SC)C1.I. The lowest BCUT2D eigenvalue weighted by atomic mass is 10.2. The highest BCUT2D eigenvalue weighted by atomic mass is 127. The first-order chi connectivity index (χ1) is 10.7. The Hall–Kier alpha value is -0.0800. The summed E-state index contributed by atoms with van der Waals surface area (Å²) in [6.07, 6.45) is 8.12. The fraction of sp³-hybridized carbons (Fsp3) is 0.588. The van der Waals surface area contributed by atoms with Crippen LogP contribution in [-0.2, 0) is 6.54 Å². The molecule has 2 unspecified atom stereocenters. The molecule has 23 heavy (non-hydrogen) atoms. The number of nitrogens with zero attached hydrogens (tertiary/aromatic N) is 1. The van der Waals surface area contributed by atoms with Crippen LogP contribution in [0.15, 0.2) is 34.2 Å². The van der Waals surface area contributed by atoms with E-state index >= 15 is 0 Å². The predicted molar refractivity (Wildman–Crippen MR) is 117 cm³/mol. The van der Waals surface area contributed by atoms with Crippen molar-refractivity contribution in [3.63, 3.8) is 0 Å².